The van der Waals surface area contributed by atoms with Gasteiger partial charge >= 0.3 is 0 Å². The smallest absolute Gasteiger partial charge is 0.265 e. The quantitative estimate of drug-likeness (QED) is 0.592. The molecule has 0 spiro atoms. The predicted molar refractivity (Wildman–Crippen MR) is 107 cm³/mol. The number of aromatic hydroxyl groups is 1. The minimum Gasteiger partial charge on any atom is -0.505 e. The zero-order valence-electron chi connectivity index (χ0n) is 14.1. The third-order valence-electron chi connectivity index (χ3n) is 3.84. The van der Waals surface area contributed by atoms with Gasteiger partial charge in [-0.05, 0) is 35.4 Å². The van der Waals surface area contributed by atoms with Gasteiger partial charge in [-0.15, -0.1) is 0 Å². The molecule has 0 saturated heterocycles. The van der Waals surface area contributed by atoms with Gasteiger partial charge in [0, 0.05) is 5.02 Å². The first-order valence-corrected chi connectivity index (χ1v) is 10.00. The van der Waals surface area contributed by atoms with Crippen molar-refractivity contribution in [2.24, 2.45) is 0 Å². The van der Waals surface area contributed by atoms with Crippen LogP contribution in [0.15, 0.2) is 65.6 Å². The molecule has 0 bridgehead atoms. The Morgan fingerprint density at radius 3 is 2.33 bits per heavy atom. The number of phenolic OH excluding ortho intramolecular Hbond substituents is 1. The Labute approximate surface area is 167 Å². The highest BCUT2D eigenvalue weighted by atomic mass is 35.5. The van der Waals surface area contributed by atoms with Crippen molar-refractivity contribution in [3.8, 4) is 22.6 Å². The molecule has 0 aromatic heterocycles. The summed E-state index contributed by atoms with van der Waals surface area (Å²) in [6.07, 6.45) is 0. The number of nitrogens with one attached hydrogen (secondary N) is 1. The number of hydrogen-bond donors (Lipinski definition) is 2. The van der Waals surface area contributed by atoms with Crippen LogP contribution < -0.4 is 9.46 Å². The highest BCUT2D eigenvalue weighted by molar-refractivity contribution is 7.92. The first-order valence-electron chi connectivity index (χ1n) is 7.76. The average molecular weight is 424 g/mol. The summed E-state index contributed by atoms with van der Waals surface area (Å²) in [5, 5.41) is 9.94. The van der Waals surface area contributed by atoms with Gasteiger partial charge in [0.05, 0.1) is 17.8 Å². The van der Waals surface area contributed by atoms with Crippen LogP contribution in [0.4, 0.5) is 5.69 Å². The Bertz CT molecular complexity index is 1090. The van der Waals surface area contributed by atoms with Crippen LogP contribution in [0.1, 0.15) is 0 Å². The number of benzene rings is 3. The fourth-order valence-corrected chi connectivity index (χ4v) is 4.36. The Morgan fingerprint density at radius 2 is 1.67 bits per heavy atom. The van der Waals surface area contributed by atoms with E-state index < -0.39 is 20.7 Å². The summed E-state index contributed by atoms with van der Waals surface area (Å²) >= 11 is 11.7. The number of rotatable bonds is 5. The monoisotopic (exact) mass is 423 g/mol. The van der Waals surface area contributed by atoms with Gasteiger partial charge in [0.25, 0.3) is 10.0 Å². The van der Waals surface area contributed by atoms with Gasteiger partial charge in [-0.25, -0.2) is 8.42 Å². The van der Waals surface area contributed by atoms with Crippen LogP contribution in [0.2, 0.25) is 10.0 Å². The summed E-state index contributed by atoms with van der Waals surface area (Å²) in [6, 6.07) is 17.0. The Balaban J connectivity index is 2.00. The second-order valence-corrected chi connectivity index (χ2v) is 8.12. The topological polar surface area (TPSA) is 75.6 Å². The zero-order valence-corrected chi connectivity index (χ0v) is 16.4. The molecule has 27 heavy (non-hydrogen) atoms. The summed E-state index contributed by atoms with van der Waals surface area (Å²) in [7, 11) is -2.71. The lowest BCUT2D eigenvalue weighted by Gasteiger charge is -2.14. The van der Waals surface area contributed by atoms with Gasteiger partial charge in [0.2, 0.25) is 0 Å². The standard InChI is InChI=1S/C19H15Cl2NO4S/c1-26-17-9-13(12-5-3-2-4-6-12)7-8-16(17)22-27(24,25)18-11-14(20)10-15(21)19(18)23/h2-11,22-23H,1H3. The number of sulfonamides is 1. The molecule has 0 radical (unpaired) electrons. The summed E-state index contributed by atoms with van der Waals surface area (Å²) in [5.74, 6) is -0.249. The highest BCUT2D eigenvalue weighted by Gasteiger charge is 2.23. The number of methoxy groups -OCH3 is 1. The van der Waals surface area contributed by atoms with Crippen LogP contribution in [0.25, 0.3) is 11.1 Å². The van der Waals surface area contributed by atoms with Crippen molar-refractivity contribution in [1.82, 2.24) is 0 Å². The van der Waals surface area contributed by atoms with Gasteiger partial charge in [-0.2, -0.15) is 0 Å². The molecule has 0 aliphatic heterocycles. The second kappa shape index (κ2) is 7.68. The third kappa shape index (κ3) is 4.13. The van der Waals surface area contributed by atoms with Crippen LogP contribution >= 0.6 is 23.2 Å². The Hall–Kier alpha value is -2.41. The predicted octanol–water partition coefficient (Wildman–Crippen LogP) is 5.18. The molecule has 0 unspecified atom stereocenters. The van der Waals surface area contributed by atoms with Gasteiger partial charge < -0.3 is 9.84 Å². The largest absolute Gasteiger partial charge is 0.505 e. The van der Waals surface area contributed by atoms with Crippen molar-refractivity contribution in [2.75, 3.05) is 11.8 Å². The minimum absolute atomic E-state index is 0.0876. The first kappa shape index (κ1) is 19.4. The number of ether oxygens (including phenoxy) is 1. The van der Waals surface area contributed by atoms with E-state index >= 15 is 0 Å². The minimum atomic E-state index is -4.15. The first-order chi connectivity index (χ1) is 12.8. The normalized spacial score (nSPS) is 11.2. The zero-order chi connectivity index (χ0) is 19.6. The lowest BCUT2D eigenvalue weighted by molar-refractivity contribution is 0.417. The van der Waals surface area contributed by atoms with Crippen LogP contribution in [0.3, 0.4) is 0 Å². The van der Waals surface area contributed by atoms with Crippen molar-refractivity contribution in [2.45, 2.75) is 4.90 Å². The molecule has 140 valence electrons. The van der Waals surface area contributed by atoms with E-state index in [2.05, 4.69) is 4.72 Å². The van der Waals surface area contributed by atoms with E-state index in [1.807, 2.05) is 30.3 Å². The fourth-order valence-electron chi connectivity index (χ4n) is 2.53. The molecule has 0 amide bonds. The molecule has 8 heteroatoms. The molecular formula is C19H15Cl2NO4S. The van der Waals surface area contributed by atoms with E-state index in [0.717, 1.165) is 17.2 Å². The average Bonchev–Trinajstić information content (AvgIpc) is 2.65. The van der Waals surface area contributed by atoms with Gasteiger partial charge in [0.1, 0.15) is 10.6 Å². The summed E-state index contributed by atoms with van der Waals surface area (Å²) in [6.45, 7) is 0. The molecule has 0 atom stereocenters. The van der Waals surface area contributed by atoms with Crippen molar-refractivity contribution in [3.63, 3.8) is 0 Å². The van der Waals surface area contributed by atoms with Gasteiger partial charge in [-0.3, -0.25) is 4.72 Å². The maximum Gasteiger partial charge on any atom is 0.265 e. The van der Waals surface area contributed by atoms with Crippen molar-refractivity contribution in [1.29, 1.82) is 0 Å². The van der Waals surface area contributed by atoms with Crippen LogP contribution in [-0.4, -0.2) is 20.6 Å². The van der Waals surface area contributed by atoms with Gasteiger partial charge in [0.15, 0.2) is 5.75 Å². The van der Waals surface area contributed by atoms with E-state index in [0.29, 0.717) is 5.75 Å². The van der Waals surface area contributed by atoms with Crippen molar-refractivity contribution in [3.05, 3.63) is 70.7 Å². The lowest BCUT2D eigenvalue weighted by atomic mass is 10.1. The molecule has 5 nitrogen and oxygen atoms in total. The second-order valence-electron chi connectivity index (χ2n) is 5.62. The van der Waals surface area contributed by atoms with Crippen molar-refractivity contribution < 1.29 is 18.3 Å². The maximum atomic E-state index is 12.7. The van der Waals surface area contributed by atoms with Crippen LogP contribution in [0, 0.1) is 0 Å². The van der Waals surface area contributed by atoms with E-state index in [-0.39, 0.29) is 15.7 Å². The summed E-state index contributed by atoms with van der Waals surface area (Å²) in [5.41, 5.74) is 2.04. The van der Waals surface area contributed by atoms with Gasteiger partial charge in [-0.1, -0.05) is 59.6 Å². The molecule has 0 fully saturated rings. The number of phenols is 1. The highest BCUT2D eigenvalue weighted by Crippen LogP contribution is 2.37. The number of anilines is 1. The molecule has 0 aliphatic carbocycles. The lowest BCUT2D eigenvalue weighted by Crippen LogP contribution is -2.14. The SMILES string of the molecule is COc1cc(-c2ccccc2)ccc1NS(=O)(=O)c1cc(Cl)cc(Cl)c1O. The molecule has 2 N–H and O–H groups in total. The van der Waals surface area contributed by atoms with E-state index in [1.54, 1.807) is 18.2 Å². The Kier molecular flexibility index (Phi) is 5.51. The number of hydrogen-bond acceptors (Lipinski definition) is 4. The molecule has 0 saturated carbocycles. The van der Waals surface area contributed by atoms with Crippen LogP contribution in [-0.2, 0) is 10.0 Å². The summed E-state index contributed by atoms with van der Waals surface area (Å²) in [4.78, 5) is -0.422. The third-order valence-corrected chi connectivity index (χ3v) is 5.72. The molecule has 0 heterocycles. The maximum absolute atomic E-state index is 12.7. The Morgan fingerprint density at radius 1 is 0.963 bits per heavy atom. The van der Waals surface area contributed by atoms with E-state index in [1.165, 1.54) is 13.2 Å². The number of halogens is 2. The molecule has 3 aromatic carbocycles. The molecular weight excluding hydrogens is 409 g/mol. The molecule has 0 aliphatic rings. The van der Waals surface area contributed by atoms with E-state index in [4.69, 9.17) is 27.9 Å². The van der Waals surface area contributed by atoms with Crippen LogP contribution in [0.5, 0.6) is 11.5 Å². The molecule has 3 aromatic rings. The van der Waals surface area contributed by atoms with E-state index in [9.17, 15) is 13.5 Å². The van der Waals surface area contributed by atoms with Crippen molar-refractivity contribution >= 4 is 38.9 Å². The fraction of sp³-hybridized carbons (Fsp3) is 0.0526. The molecule has 3 rings (SSSR count). The summed E-state index contributed by atoms with van der Waals surface area (Å²) < 4.78 is 33.1.